The molecule has 1 N–H and O–H groups in total. The lowest BCUT2D eigenvalue weighted by Gasteiger charge is -2.24. The lowest BCUT2D eigenvalue weighted by atomic mass is 9.91. The maximum Gasteiger partial charge on any atom is 0.224 e. The number of aryl methyl sites for hydroxylation is 3. The van der Waals surface area contributed by atoms with Crippen molar-refractivity contribution in [3.8, 4) is 0 Å². The van der Waals surface area contributed by atoms with Gasteiger partial charge in [-0.25, -0.2) is 4.39 Å². The predicted molar refractivity (Wildman–Crippen MR) is 110 cm³/mol. The molecule has 4 rings (SSSR count). The zero-order valence-electron chi connectivity index (χ0n) is 16.6. The number of carbonyl (C=O) groups excluding carboxylic acids is 1. The van der Waals surface area contributed by atoms with Crippen LogP contribution < -0.4 is 5.32 Å². The van der Waals surface area contributed by atoms with Gasteiger partial charge in [0.1, 0.15) is 17.5 Å². The van der Waals surface area contributed by atoms with E-state index in [0.29, 0.717) is 17.9 Å². The lowest BCUT2D eigenvalue weighted by Crippen LogP contribution is -2.20. The summed E-state index contributed by atoms with van der Waals surface area (Å²) in [7, 11) is 0. The van der Waals surface area contributed by atoms with Crippen LogP contribution in [-0.2, 0) is 30.6 Å². The number of benzene rings is 2. The Kier molecular flexibility index (Phi) is 5.69. The molecule has 0 saturated heterocycles. The molecule has 29 heavy (non-hydrogen) atoms. The Labute approximate surface area is 170 Å². The van der Waals surface area contributed by atoms with E-state index >= 15 is 0 Å². The van der Waals surface area contributed by atoms with Crippen molar-refractivity contribution in [1.82, 2.24) is 14.8 Å². The quantitative estimate of drug-likeness (QED) is 0.681. The molecular weight excluding hydrogens is 367 g/mol. The minimum absolute atomic E-state index is 0.111. The first-order chi connectivity index (χ1) is 14.1. The van der Waals surface area contributed by atoms with Crippen molar-refractivity contribution < 1.29 is 9.18 Å². The Morgan fingerprint density at radius 3 is 2.72 bits per heavy atom. The van der Waals surface area contributed by atoms with Crippen molar-refractivity contribution in [3.63, 3.8) is 0 Å². The molecule has 6 heteroatoms. The van der Waals surface area contributed by atoms with Gasteiger partial charge in [0.2, 0.25) is 5.91 Å². The van der Waals surface area contributed by atoms with E-state index in [1.165, 1.54) is 11.6 Å². The normalized spacial score (nSPS) is 15.7. The fraction of sp³-hybridized carbons (Fsp3) is 0.348. The van der Waals surface area contributed by atoms with Crippen molar-refractivity contribution in [3.05, 3.63) is 77.1 Å². The van der Waals surface area contributed by atoms with Gasteiger partial charge in [-0.05, 0) is 42.2 Å². The van der Waals surface area contributed by atoms with E-state index in [4.69, 9.17) is 0 Å². The van der Waals surface area contributed by atoms with Gasteiger partial charge in [-0.1, -0.05) is 37.3 Å². The van der Waals surface area contributed by atoms with Crippen LogP contribution in [0.15, 0.2) is 48.5 Å². The van der Waals surface area contributed by atoms with E-state index < -0.39 is 0 Å². The Balaban J connectivity index is 1.34. The second-order valence-corrected chi connectivity index (χ2v) is 7.49. The molecule has 0 radical (unpaired) electrons. The summed E-state index contributed by atoms with van der Waals surface area (Å²) in [5.74, 6) is 2.18. The summed E-state index contributed by atoms with van der Waals surface area (Å²) < 4.78 is 15.9. The second-order valence-electron chi connectivity index (χ2n) is 7.49. The largest absolute Gasteiger partial charge is 0.326 e. The number of nitrogens with one attached hydrogen (secondary N) is 1. The van der Waals surface area contributed by atoms with Crippen LogP contribution in [0.25, 0.3) is 0 Å². The third kappa shape index (κ3) is 4.36. The third-order valence-corrected chi connectivity index (χ3v) is 5.58. The maximum absolute atomic E-state index is 13.7. The first-order valence-corrected chi connectivity index (χ1v) is 10.2. The van der Waals surface area contributed by atoms with Crippen LogP contribution >= 0.6 is 0 Å². The van der Waals surface area contributed by atoms with Crippen LogP contribution in [0.1, 0.15) is 48.5 Å². The van der Waals surface area contributed by atoms with Crippen molar-refractivity contribution in [2.45, 2.75) is 51.5 Å². The molecule has 1 aromatic heterocycles. The average Bonchev–Trinajstić information content (AvgIpc) is 3.16. The Bertz CT molecular complexity index is 983. The van der Waals surface area contributed by atoms with Gasteiger partial charge in [0.25, 0.3) is 0 Å². The standard InChI is InChI=1S/C23H25FN4O/c1-2-21-26-27-22-13-9-18(15-28(21)22)16-7-11-19(12-8-16)25-23(29)14-10-17-5-3-4-6-20(17)24/h3-8,11-12,18H,2,9-10,13-15H2,1H3,(H,25,29)/t18-/m0/s1. The van der Waals surface area contributed by atoms with Crippen molar-refractivity contribution in [1.29, 1.82) is 0 Å². The van der Waals surface area contributed by atoms with Crippen LogP contribution in [0.2, 0.25) is 0 Å². The molecule has 2 heterocycles. The first-order valence-electron chi connectivity index (χ1n) is 10.2. The Morgan fingerprint density at radius 2 is 1.97 bits per heavy atom. The highest BCUT2D eigenvalue weighted by atomic mass is 19.1. The van der Waals surface area contributed by atoms with Crippen LogP contribution in [-0.4, -0.2) is 20.7 Å². The van der Waals surface area contributed by atoms with E-state index in [1.54, 1.807) is 18.2 Å². The first kappa shape index (κ1) is 19.3. The lowest BCUT2D eigenvalue weighted by molar-refractivity contribution is -0.116. The number of halogens is 1. The molecule has 5 nitrogen and oxygen atoms in total. The molecule has 3 aromatic rings. The summed E-state index contributed by atoms with van der Waals surface area (Å²) in [5, 5.41) is 11.5. The maximum atomic E-state index is 13.7. The molecule has 0 unspecified atom stereocenters. The Morgan fingerprint density at radius 1 is 1.17 bits per heavy atom. The summed E-state index contributed by atoms with van der Waals surface area (Å²) in [5.41, 5.74) is 2.59. The minimum Gasteiger partial charge on any atom is -0.326 e. The SMILES string of the molecule is CCc1nnc2n1C[C@@H](c1ccc(NC(=O)CCc3ccccc3F)cc1)CC2. The predicted octanol–water partition coefficient (Wildman–Crippen LogP) is 4.28. The number of anilines is 1. The van der Waals surface area contributed by atoms with Gasteiger partial charge in [0, 0.05) is 37.4 Å². The molecule has 0 spiro atoms. The Hall–Kier alpha value is -3.02. The molecule has 2 aromatic carbocycles. The summed E-state index contributed by atoms with van der Waals surface area (Å²) in [6.45, 7) is 3.00. The van der Waals surface area contributed by atoms with Gasteiger partial charge in [-0.3, -0.25) is 4.79 Å². The topological polar surface area (TPSA) is 59.8 Å². The highest BCUT2D eigenvalue weighted by Crippen LogP contribution is 2.29. The van der Waals surface area contributed by atoms with Gasteiger partial charge < -0.3 is 9.88 Å². The minimum atomic E-state index is -0.264. The van der Waals surface area contributed by atoms with E-state index in [-0.39, 0.29) is 18.1 Å². The fourth-order valence-electron chi connectivity index (χ4n) is 3.93. The van der Waals surface area contributed by atoms with Gasteiger partial charge in [0.05, 0.1) is 0 Å². The van der Waals surface area contributed by atoms with Crippen LogP contribution in [0.4, 0.5) is 10.1 Å². The number of aromatic nitrogens is 3. The number of rotatable bonds is 6. The van der Waals surface area contributed by atoms with Gasteiger partial charge in [-0.2, -0.15) is 0 Å². The number of carbonyl (C=O) groups is 1. The number of nitrogens with zero attached hydrogens (tertiary/aromatic N) is 3. The van der Waals surface area contributed by atoms with Gasteiger partial charge >= 0.3 is 0 Å². The molecule has 0 bridgehead atoms. The monoisotopic (exact) mass is 392 g/mol. The smallest absolute Gasteiger partial charge is 0.224 e. The van der Waals surface area contributed by atoms with E-state index in [0.717, 1.165) is 43.1 Å². The number of hydrogen-bond acceptors (Lipinski definition) is 3. The fourth-order valence-corrected chi connectivity index (χ4v) is 3.93. The highest BCUT2D eigenvalue weighted by molar-refractivity contribution is 5.90. The molecule has 150 valence electrons. The van der Waals surface area contributed by atoms with Crippen molar-refractivity contribution in [2.75, 3.05) is 5.32 Å². The van der Waals surface area contributed by atoms with Crippen LogP contribution in [0.5, 0.6) is 0 Å². The van der Waals surface area contributed by atoms with E-state index in [1.807, 2.05) is 12.1 Å². The second kappa shape index (κ2) is 8.55. The molecule has 1 aliphatic rings. The molecule has 0 saturated carbocycles. The molecule has 1 aliphatic heterocycles. The van der Waals surface area contributed by atoms with Crippen LogP contribution in [0, 0.1) is 5.82 Å². The van der Waals surface area contributed by atoms with E-state index in [9.17, 15) is 9.18 Å². The zero-order valence-corrected chi connectivity index (χ0v) is 16.6. The number of amides is 1. The molecule has 1 amide bonds. The highest BCUT2D eigenvalue weighted by Gasteiger charge is 2.23. The van der Waals surface area contributed by atoms with Gasteiger partial charge in [-0.15, -0.1) is 10.2 Å². The molecule has 1 atom stereocenters. The molecule has 0 fully saturated rings. The third-order valence-electron chi connectivity index (χ3n) is 5.58. The van der Waals surface area contributed by atoms with Crippen molar-refractivity contribution >= 4 is 11.6 Å². The number of fused-ring (bicyclic) bond motifs is 1. The molecular formula is C23H25FN4O. The summed E-state index contributed by atoms with van der Waals surface area (Å²) in [4.78, 5) is 12.2. The molecule has 0 aliphatic carbocycles. The van der Waals surface area contributed by atoms with Crippen LogP contribution in [0.3, 0.4) is 0 Å². The van der Waals surface area contributed by atoms with Crippen molar-refractivity contribution in [2.24, 2.45) is 0 Å². The summed E-state index contributed by atoms with van der Waals surface area (Å²) in [6, 6.07) is 14.6. The number of hydrogen-bond donors (Lipinski definition) is 1. The average molecular weight is 392 g/mol. The summed E-state index contributed by atoms with van der Waals surface area (Å²) >= 11 is 0. The van der Waals surface area contributed by atoms with Gasteiger partial charge in [0.15, 0.2) is 0 Å². The zero-order chi connectivity index (χ0) is 20.2. The summed E-state index contributed by atoms with van der Waals surface area (Å²) in [6.07, 6.45) is 3.52. The van der Waals surface area contributed by atoms with E-state index in [2.05, 4.69) is 39.1 Å².